The predicted octanol–water partition coefficient (Wildman–Crippen LogP) is 3.15. The summed E-state index contributed by atoms with van der Waals surface area (Å²) in [6.07, 6.45) is 12.2. The molecule has 1 unspecified atom stereocenters. The summed E-state index contributed by atoms with van der Waals surface area (Å²) < 4.78 is 36.6. The van der Waals surface area contributed by atoms with E-state index in [1.807, 2.05) is 16.7 Å². The van der Waals surface area contributed by atoms with Crippen molar-refractivity contribution in [1.29, 1.82) is 0 Å². The van der Waals surface area contributed by atoms with E-state index >= 15 is 0 Å². The summed E-state index contributed by atoms with van der Waals surface area (Å²) in [4.78, 5) is 62.8. The number of nitrogens with zero attached hydrogens (tertiary/aromatic N) is 8. The van der Waals surface area contributed by atoms with Gasteiger partial charge in [0.25, 0.3) is 15.8 Å². The molecule has 6 aliphatic rings. The molecule has 10 rings (SSSR count). The number of likely N-dealkylation sites (tertiary alicyclic amines) is 1. The van der Waals surface area contributed by atoms with Gasteiger partial charge in [0.15, 0.2) is 0 Å². The Morgan fingerprint density at radius 2 is 1.60 bits per heavy atom. The summed E-state index contributed by atoms with van der Waals surface area (Å²) in [5.74, 6) is -0.0102. The molecule has 0 bridgehead atoms. The average Bonchev–Trinajstić information content (AvgIpc) is 3.80. The molecule has 2 amide bonds. The molecule has 2 aliphatic carbocycles. The second-order valence-corrected chi connectivity index (χ2v) is 19.4. The smallest absolute Gasteiger partial charge is 0.329 e. The number of rotatable bonds is 8. The van der Waals surface area contributed by atoms with Crippen LogP contribution in [0.25, 0.3) is 22.1 Å². The van der Waals surface area contributed by atoms with Crippen LogP contribution >= 0.6 is 0 Å². The Labute approximate surface area is 336 Å². The third-order valence-electron chi connectivity index (χ3n) is 14.4. The number of benzene rings is 1. The van der Waals surface area contributed by atoms with Gasteiger partial charge in [-0.3, -0.25) is 33.4 Å². The molecule has 0 radical (unpaired) electrons. The van der Waals surface area contributed by atoms with Crippen LogP contribution in [0.4, 0.5) is 5.95 Å². The van der Waals surface area contributed by atoms with Crippen molar-refractivity contribution in [3.63, 3.8) is 0 Å². The van der Waals surface area contributed by atoms with E-state index in [9.17, 15) is 27.6 Å². The number of carbonyl (C=O) groups excluding carboxylic acids is 2. The van der Waals surface area contributed by atoms with Crippen molar-refractivity contribution in [2.45, 2.75) is 119 Å². The second kappa shape index (κ2) is 14.4. The van der Waals surface area contributed by atoms with Gasteiger partial charge in [0.1, 0.15) is 11.7 Å². The highest BCUT2D eigenvalue weighted by Gasteiger charge is 2.60. The van der Waals surface area contributed by atoms with E-state index in [4.69, 9.17) is 4.98 Å². The lowest BCUT2D eigenvalue weighted by atomic mass is 9.65. The van der Waals surface area contributed by atoms with E-state index in [0.717, 1.165) is 92.9 Å². The van der Waals surface area contributed by atoms with Gasteiger partial charge in [-0.25, -0.2) is 9.78 Å². The third kappa shape index (κ3) is 6.22. The van der Waals surface area contributed by atoms with E-state index in [1.165, 1.54) is 0 Å². The normalized spacial score (nSPS) is 27.3. The van der Waals surface area contributed by atoms with Crippen LogP contribution in [0, 0.1) is 0 Å². The summed E-state index contributed by atoms with van der Waals surface area (Å²) in [5.41, 5.74) is 2.76. The molecule has 2 N–H and O–H groups in total. The van der Waals surface area contributed by atoms with E-state index in [0.29, 0.717) is 56.5 Å². The van der Waals surface area contributed by atoms with E-state index in [1.54, 1.807) is 43.1 Å². The molecule has 4 aromatic rings. The Bertz CT molecular complexity index is 2520. The van der Waals surface area contributed by atoms with Gasteiger partial charge in [-0.15, -0.1) is 0 Å². The van der Waals surface area contributed by atoms with Crippen LogP contribution in [0.15, 0.2) is 46.1 Å². The number of piperidine rings is 3. The van der Waals surface area contributed by atoms with Gasteiger partial charge in [-0.2, -0.15) is 22.0 Å². The Morgan fingerprint density at radius 3 is 2.31 bits per heavy atom. The fourth-order valence-electron chi connectivity index (χ4n) is 11.1. The minimum atomic E-state index is -3.60. The highest BCUT2D eigenvalue weighted by atomic mass is 32.2. The van der Waals surface area contributed by atoms with Crippen molar-refractivity contribution in [3.8, 4) is 0 Å². The third-order valence-corrected chi connectivity index (χ3v) is 16.6. The molecule has 58 heavy (non-hydrogen) atoms. The highest BCUT2D eigenvalue weighted by molar-refractivity contribution is 7.86. The largest absolute Gasteiger partial charge is 0.351 e. The lowest BCUT2D eigenvalue weighted by molar-refractivity contribution is -0.135. The zero-order valence-corrected chi connectivity index (χ0v) is 33.8. The minimum absolute atomic E-state index is 0.0303. The number of para-hydroxylation sites is 1. The van der Waals surface area contributed by atoms with Crippen LogP contribution < -0.4 is 21.9 Å². The van der Waals surface area contributed by atoms with Crippen molar-refractivity contribution >= 4 is 50.0 Å². The summed E-state index contributed by atoms with van der Waals surface area (Å²) in [6.45, 7) is 3.22. The second-order valence-electron chi connectivity index (χ2n) is 17.6. The maximum absolute atomic E-state index is 14.1. The first kappa shape index (κ1) is 37.8. The number of aromatic nitrogens is 5. The first-order chi connectivity index (χ1) is 28.0. The molecule has 7 heterocycles. The average molecular weight is 813 g/mol. The standard InChI is InChI=1S/C41H52N10O6S/c1-46-36-31(7-4-8-32(36)51(40(46)55)33-10-11-34(52)44-38(33)54)26-13-18-47(19-14-26)30-23-41(24-30)17-22-49(41)58(56,57)48-20-15-28(16-21-48)43-39-42-25-27-9-12-35(53)50(37(27)45-39)29-5-2-3-6-29/h4,7-9,12,25-26,28-30,33H,2-3,5-6,10-11,13-24H2,1H3,(H,42,43,45)(H,44,52,54). The molecule has 1 aromatic carbocycles. The molecular formula is C41H52N10O6S. The van der Waals surface area contributed by atoms with Crippen LogP contribution in [0.1, 0.15) is 107 Å². The van der Waals surface area contributed by atoms with Gasteiger partial charge in [-0.1, -0.05) is 25.0 Å². The zero-order valence-electron chi connectivity index (χ0n) is 33.0. The van der Waals surface area contributed by atoms with Crippen molar-refractivity contribution in [2.75, 3.05) is 38.0 Å². The fourth-order valence-corrected chi connectivity index (χ4v) is 13.1. The Balaban J connectivity index is 0.747. The number of amides is 2. The molecular weight excluding hydrogens is 761 g/mol. The van der Waals surface area contributed by atoms with E-state index in [-0.39, 0.29) is 47.1 Å². The number of hydrogen-bond acceptors (Lipinski definition) is 10. The summed E-state index contributed by atoms with van der Waals surface area (Å²) in [5, 5.41) is 6.68. The molecule has 1 spiro atoms. The monoisotopic (exact) mass is 812 g/mol. The fraction of sp³-hybridized carbons (Fsp3) is 0.610. The number of hydrogen-bond donors (Lipinski definition) is 2. The van der Waals surface area contributed by atoms with Gasteiger partial charge in [0.2, 0.25) is 17.8 Å². The Hall–Kier alpha value is -4.45. The lowest BCUT2D eigenvalue weighted by Gasteiger charge is -2.63. The number of imide groups is 1. The number of anilines is 1. The van der Waals surface area contributed by atoms with E-state index in [2.05, 4.69) is 26.6 Å². The predicted molar refractivity (Wildman–Crippen MR) is 218 cm³/mol. The molecule has 1 atom stereocenters. The van der Waals surface area contributed by atoms with Gasteiger partial charge in [0.05, 0.1) is 11.0 Å². The number of carbonyl (C=O) groups is 2. The minimum Gasteiger partial charge on any atom is -0.351 e. The first-order valence-electron chi connectivity index (χ1n) is 21.2. The van der Waals surface area contributed by atoms with Crippen molar-refractivity contribution in [2.24, 2.45) is 7.05 Å². The molecule has 6 fully saturated rings. The lowest BCUT2D eigenvalue weighted by Crippen LogP contribution is -2.73. The first-order valence-corrected chi connectivity index (χ1v) is 22.6. The van der Waals surface area contributed by atoms with Gasteiger partial charge >= 0.3 is 5.69 Å². The number of aryl methyl sites for hydroxylation is 1. The zero-order chi connectivity index (χ0) is 39.9. The number of fused-ring (bicyclic) bond motifs is 2. The number of pyridine rings is 1. The Morgan fingerprint density at radius 1 is 0.845 bits per heavy atom. The van der Waals surface area contributed by atoms with Crippen LogP contribution in [-0.4, -0.2) is 108 Å². The van der Waals surface area contributed by atoms with Crippen molar-refractivity contribution in [1.82, 2.24) is 42.5 Å². The van der Waals surface area contributed by atoms with Crippen LogP contribution in [0.3, 0.4) is 0 Å². The summed E-state index contributed by atoms with van der Waals surface area (Å²) in [7, 11) is -1.84. The quantitative estimate of drug-likeness (QED) is 0.252. The van der Waals surface area contributed by atoms with Gasteiger partial charge < -0.3 is 10.2 Å². The molecule has 3 aromatic heterocycles. The Kier molecular flexibility index (Phi) is 9.37. The summed E-state index contributed by atoms with van der Waals surface area (Å²) in [6, 6.07) is 9.16. The maximum atomic E-state index is 14.1. The number of imidazole rings is 1. The van der Waals surface area contributed by atoms with Crippen LogP contribution in [-0.2, 0) is 26.8 Å². The van der Waals surface area contributed by atoms with Gasteiger partial charge in [-0.05, 0) is 101 Å². The van der Waals surface area contributed by atoms with Crippen molar-refractivity contribution < 1.29 is 18.0 Å². The topological polar surface area (TPSA) is 177 Å². The van der Waals surface area contributed by atoms with Crippen molar-refractivity contribution in [3.05, 3.63) is 62.9 Å². The molecule has 16 nitrogen and oxygen atoms in total. The molecule has 4 saturated heterocycles. The maximum Gasteiger partial charge on any atom is 0.329 e. The van der Waals surface area contributed by atoms with Gasteiger partial charge in [0, 0.05) is 74.4 Å². The molecule has 308 valence electrons. The highest BCUT2D eigenvalue weighted by Crippen LogP contribution is 2.52. The summed E-state index contributed by atoms with van der Waals surface area (Å²) >= 11 is 0. The van der Waals surface area contributed by atoms with E-state index < -0.39 is 22.2 Å². The number of nitrogens with one attached hydrogen (secondary N) is 2. The molecule has 4 aliphatic heterocycles. The van der Waals surface area contributed by atoms with Crippen LogP contribution in [0.5, 0.6) is 0 Å². The SMILES string of the molecule is Cn1c(=O)n(C2CCC(=O)NC2=O)c2cccc(C3CCN(C4CC5(CCN5S(=O)(=O)N5CCC(Nc6ncc7ccc(=O)n(C8CCCC8)c7n6)CC5)C4)CC3)c21. The van der Waals surface area contributed by atoms with Crippen LogP contribution in [0.2, 0.25) is 0 Å². The molecule has 2 saturated carbocycles. The molecule has 17 heteroatoms.